The van der Waals surface area contributed by atoms with Crippen LogP contribution in [0.2, 0.25) is 0 Å². The zero-order chi connectivity index (χ0) is 14.2. The van der Waals surface area contributed by atoms with Crippen molar-refractivity contribution in [3.05, 3.63) is 0 Å². The Bertz CT molecular complexity index is 212. The van der Waals surface area contributed by atoms with E-state index in [9.17, 15) is 5.11 Å². The summed E-state index contributed by atoms with van der Waals surface area (Å²) in [5.41, 5.74) is -0.259. The number of nitrogens with one attached hydrogen (secondary N) is 1. The van der Waals surface area contributed by atoms with Crippen LogP contribution in [0.4, 0.5) is 0 Å². The van der Waals surface area contributed by atoms with Crippen molar-refractivity contribution in [2.24, 2.45) is 0 Å². The summed E-state index contributed by atoms with van der Waals surface area (Å²) < 4.78 is 5.17. The first kappa shape index (κ1) is 17.8. The van der Waals surface area contributed by atoms with E-state index < -0.39 is 0 Å². The molecule has 0 fully saturated rings. The van der Waals surface area contributed by atoms with Crippen LogP contribution < -0.4 is 5.32 Å². The van der Waals surface area contributed by atoms with Crippen molar-refractivity contribution in [1.82, 2.24) is 10.2 Å². The molecule has 0 aliphatic rings. The normalized spacial score (nSPS) is 17.2. The monoisotopic (exact) mass is 260 g/mol. The van der Waals surface area contributed by atoms with Crippen molar-refractivity contribution in [2.75, 3.05) is 33.4 Å². The molecule has 0 radical (unpaired) electrons. The van der Waals surface area contributed by atoms with Crippen LogP contribution in [-0.2, 0) is 4.74 Å². The van der Waals surface area contributed by atoms with E-state index in [-0.39, 0.29) is 12.1 Å². The Morgan fingerprint density at radius 2 is 1.94 bits per heavy atom. The number of hydrogen-bond acceptors (Lipinski definition) is 4. The summed E-state index contributed by atoms with van der Waals surface area (Å²) in [6, 6.07) is 0.864. The average molecular weight is 260 g/mol. The first-order valence-corrected chi connectivity index (χ1v) is 7.00. The first-order valence-electron chi connectivity index (χ1n) is 7.00. The molecule has 0 saturated carbocycles. The fraction of sp³-hybridized carbons (Fsp3) is 1.00. The van der Waals surface area contributed by atoms with E-state index in [1.54, 1.807) is 7.11 Å². The van der Waals surface area contributed by atoms with Gasteiger partial charge in [-0.2, -0.15) is 0 Å². The Morgan fingerprint density at radius 3 is 2.33 bits per heavy atom. The number of ether oxygens (including phenoxy) is 1. The smallest absolute Gasteiger partial charge is 0.0623 e. The maximum Gasteiger partial charge on any atom is 0.0623 e. The van der Waals surface area contributed by atoms with Crippen molar-refractivity contribution in [1.29, 1.82) is 0 Å². The largest absolute Gasteiger partial charge is 0.394 e. The van der Waals surface area contributed by atoms with Crippen LogP contribution in [0, 0.1) is 0 Å². The van der Waals surface area contributed by atoms with Crippen molar-refractivity contribution < 1.29 is 9.84 Å². The summed E-state index contributed by atoms with van der Waals surface area (Å²) in [6.45, 7) is 13.3. The molecule has 0 spiro atoms. The van der Waals surface area contributed by atoms with E-state index in [1.807, 2.05) is 0 Å². The molecule has 0 aromatic rings. The summed E-state index contributed by atoms with van der Waals surface area (Å²) in [7, 11) is 1.73. The highest BCUT2D eigenvalue weighted by Gasteiger charge is 2.28. The van der Waals surface area contributed by atoms with E-state index in [4.69, 9.17) is 4.74 Å². The highest BCUT2D eigenvalue weighted by molar-refractivity contribution is 4.88. The standard InChI is InChI=1S/C14H32N2O2/c1-7-13(4)16(8-9-18-6)10-14(5,11-17)15-12(2)3/h12-13,15,17H,7-11H2,1-6H3. The molecule has 110 valence electrons. The second kappa shape index (κ2) is 8.86. The molecular weight excluding hydrogens is 228 g/mol. The molecule has 0 heterocycles. The van der Waals surface area contributed by atoms with Crippen LogP contribution in [0.5, 0.6) is 0 Å². The molecule has 2 atom stereocenters. The van der Waals surface area contributed by atoms with E-state index in [0.29, 0.717) is 12.1 Å². The van der Waals surface area contributed by atoms with Gasteiger partial charge in [0.2, 0.25) is 0 Å². The van der Waals surface area contributed by atoms with Gasteiger partial charge in [0.25, 0.3) is 0 Å². The number of aliphatic hydroxyl groups excluding tert-OH is 1. The second-order valence-electron chi connectivity index (χ2n) is 5.74. The molecular formula is C14H32N2O2. The van der Waals surface area contributed by atoms with Crippen molar-refractivity contribution in [3.8, 4) is 0 Å². The average Bonchev–Trinajstić information content (AvgIpc) is 2.32. The highest BCUT2D eigenvalue weighted by atomic mass is 16.5. The number of hydrogen-bond donors (Lipinski definition) is 2. The lowest BCUT2D eigenvalue weighted by Crippen LogP contribution is -2.57. The molecule has 0 saturated heterocycles. The maximum atomic E-state index is 9.64. The van der Waals surface area contributed by atoms with Crippen LogP contribution >= 0.6 is 0 Å². The van der Waals surface area contributed by atoms with Gasteiger partial charge < -0.3 is 15.2 Å². The van der Waals surface area contributed by atoms with Crippen LogP contribution in [0.3, 0.4) is 0 Å². The van der Waals surface area contributed by atoms with E-state index in [1.165, 1.54) is 0 Å². The third-order valence-corrected chi connectivity index (χ3v) is 3.33. The number of rotatable bonds is 10. The van der Waals surface area contributed by atoms with Crippen molar-refractivity contribution >= 4 is 0 Å². The zero-order valence-electron chi connectivity index (χ0n) is 13.0. The van der Waals surface area contributed by atoms with Gasteiger partial charge in [-0.25, -0.2) is 0 Å². The van der Waals surface area contributed by atoms with E-state index in [0.717, 1.165) is 26.1 Å². The van der Waals surface area contributed by atoms with Gasteiger partial charge in [-0.15, -0.1) is 0 Å². The minimum atomic E-state index is -0.259. The molecule has 18 heavy (non-hydrogen) atoms. The fourth-order valence-electron chi connectivity index (χ4n) is 2.21. The van der Waals surface area contributed by atoms with Gasteiger partial charge in [-0.3, -0.25) is 4.90 Å². The highest BCUT2D eigenvalue weighted by Crippen LogP contribution is 2.12. The summed E-state index contributed by atoms with van der Waals surface area (Å²) in [5.74, 6) is 0. The summed E-state index contributed by atoms with van der Waals surface area (Å²) in [4.78, 5) is 2.38. The topological polar surface area (TPSA) is 44.7 Å². The molecule has 0 aromatic carbocycles. The molecule has 2 N–H and O–H groups in total. The Kier molecular flexibility index (Phi) is 8.78. The number of nitrogens with zero attached hydrogens (tertiary/aromatic N) is 1. The Morgan fingerprint density at radius 1 is 1.33 bits per heavy atom. The number of aliphatic hydroxyl groups is 1. The SMILES string of the molecule is CCC(C)N(CCOC)CC(C)(CO)NC(C)C. The quantitative estimate of drug-likeness (QED) is 0.624. The van der Waals surface area contributed by atoms with Crippen LogP contribution in [-0.4, -0.2) is 61.0 Å². The van der Waals surface area contributed by atoms with E-state index in [2.05, 4.69) is 44.8 Å². The van der Waals surface area contributed by atoms with Gasteiger partial charge >= 0.3 is 0 Å². The third kappa shape index (κ3) is 6.69. The van der Waals surface area contributed by atoms with Gasteiger partial charge in [-0.05, 0) is 20.3 Å². The lowest BCUT2D eigenvalue weighted by molar-refractivity contribution is 0.0692. The summed E-state index contributed by atoms with van der Waals surface area (Å²) >= 11 is 0. The van der Waals surface area contributed by atoms with Crippen LogP contribution in [0.1, 0.15) is 41.0 Å². The Labute approximate surface area is 113 Å². The van der Waals surface area contributed by atoms with E-state index >= 15 is 0 Å². The van der Waals surface area contributed by atoms with Gasteiger partial charge in [0.1, 0.15) is 0 Å². The second-order valence-corrected chi connectivity index (χ2v) is 5.74. The molecule has 0 amide bonds. The molecule has 0 bridgehead atoms. The summed E-state index contributed by atoms with van der Waals surface area (Å²) in [5, 5.41) is 13.1. The predicted molar refractivity (Wildman–Crippen MR) is 77.0 cm³/mol. The lowest BCUT2D eigenvalue weighted by Gasteiger charge is -2.39. The Balaban J connectivity index is 4.59. The minimum Gasteiger partial charge on any atom is -0.394 e. The molecule has 0 aliphatic carbocycles. The van der Waals surface area contributed by atoms with Crippen LogP contribution in [0.25, 0.3) is 0 Å². The van der Waals surface area contributed by atoms with Gasteiger partial charge in [0.15, 0.2) is 0 Å². The third-order valence-electron chi connectivity index (χ3n) is 3.33. The minimum absolute atomic E-state index is 0.144. The Hall–Kier alpha value is -0.160. The molecule has 4 heteroatoms. The zero-order valence-corrected chi connectivity index (χ0v) is 13.0. The molecule has 4 nitrogen and oxygen atoms in total. The molecule has 0 aliphatic heterocycles. The fourth-order valence-corrected chi connectivity index (χ4v) is 2.21. The maximum absolute atomic E-state index is 9.64. The van der Waals surface area contributed by atoms with Crippen LogP contribution in [0.15, 0.2) is 0 Å². The molecule has 2 unspecified atom stereocenters. The molecule has 0 aromatic heterocycles. The van der Waals surface area contributed by atoms with Crippen molar-refractivity contribution in [3.63, 3.8) is 0 Å². The van der Waals surface area contributed by atoms with Gasteiger partial charge in [0, 0.05) is 32.3 Å². The van der Waals surface area contributed by atoms with Gasteiger partial charge in [0.05, 0.1) is 18.8 Å². The lowest BCUT2D eigenvalue weighted by atomic mass is 10.00. The van der Waals surface area contributed by atoms with Crippen molar-refractivity contribution in [2.45, 2.75) is 58.7 Å². The van der Waals surface area contributed by atoms with Gasteiger partial charge in [-0.1, -0.05) is 20.8 Å². The molecule has 0 rings (SSSR count). The summed E-state index contributed by atoms with van der Waals surface area (Å²) in [6.07, 6.45) is 1.10. The number of methoxy groups -OCH3 is 1. The first-order chi connectivity index (χ1) is 8.38. The predicted octanol–water partition coefficient (Wildman–Crippen LogP) is 1.48.